The molecule has 3 heterocycles. The van der Waals surface area contributed by atoms with Crippen molar-refractivity contribution in [1.29, 1.82) is 5.26 Å². The summed E-state index contributed by atoms with van der Waals surface area (Å²) >= 11 is 0. The monoisotopic (exact) mass is 378 g/mol. The molecule has 0 bridgehead atoms. The van der Waals surface area contributed by atoms with Gasteiger partial charge in [-0.15, -0.1) is 0 Å². The van der Waals surface area contributed by atoms with Gasteiger partial charge in [0.15, 0.2) is 0 Å². The normalized spacial score (nSPS) is 18.1. The molecule has 0 saturated carbocycles. The molecule has 0 N–H and O–H groups in total. The molecule has 2 aliphatic rings. The summed E-state index contributed by atoms with van der Waals surface area (Å²) in [4.78, 5) is 40.5. The number of hydrogen-bond donors (Lipinski definition) is 0. The quantitative estimate of drug-likeness (QED) is 0.794. The Hall–Kier alpha value is -3.14. The number of aromatic nitrogens is 2. The van der Waals surface area contributed by atoms with Crippen molar-refractivity contribution in [2.24, 2.45) is 0 Å². The lowest BCUT2D eigenvalue weighted by Crippen LogP contribution is -2.47. The summed E-state index contributed by atoms with van der Waals surface area (Å²) in [6.45, 7) is 2.07. The highest BCUT2D eigenvalue weighted by atomic mass is 16.2. The molecule has 7 nitrogen and oxygen atoms in total. The van der Waals surface area contributed by atoms with Crippen molar-refractivity contribution in [2.45, 2.75) is 58.2 Å². The Morgan fingerprint density at radius 1 is 1.21 bits per heavy atom. The van der Waals surface area contributed by atoms with Crippen molar-refractivity contribution in [1.82, 2.24) is 9.13 Å². The van der Waals surface area contributed by atoms with Gasteiger partial charge >= 0.3 is 5.69 Å². The van der Waals surface area contributed by atoms with E-state index in [4.69, 9.17) is 0 Å². The minimum Gasteiger partial charge on any atom is -0.307 e. The molecule has 0 radical (unpaired) electrons. The SMILES string of the molecule is C[C@H]1Cc2ccccc2N1C(=O)Cn1c(=O)c(C#N)c2n(c1=O)CCCCC2. The fourth-order valence-corrected chi connectivity index (χ4v) is 4.38. The Morgan fingerprint density at radius 2 is 2.00 bits per heavy atom. The molecule has 1 atom stereocenters. The average Bonchev–Trinajstić information content (AvgIpc) is 2.85. The molecule has 4 rings (SSSR count). The minimum atomic E-state index is -0.658. The molecule has 28 heavy (non-hydrogen) atoms. The predicted octanol–water partition coefficient (Wildman–Crippen LogP) is 1.59. The molecular weight excluding hydrogens is 356 g/mol. The van der Waals surface area contributed by atoms with E-state index < -0.39 is 11.2 Å². The number of rotatable bonds is 2. The molecule has 0 unspecified atom stereocenters. The summed E-state index contributed by atoms with van der Waals surface area (Å²) < 4.78 is 2.45. The molecule has 144 valence electrons. The van der Waals surface area contributed by atoms with Crippen LogP contribution in [0.15, 0.2) is 33.9 Å². The highest BCUT2D eigenvalue weighted by Crippen LogP contribution is 2.31. The van der Waals surface area contributed by atoms with Crippen LogP contribution in [0.2, 0.25) is 0 Å². The molecule has 2 aromatic rings. The Bertz CT molecular complexity index is 1110. The average molecular weight is 378 g/mol. The van der Waals surface area contributed by atoms with E-state index in [1.165, 1.54) is 4.57 Å². The van der Waals surface area contributed by atoms with Gasteiger partial charge in [-0.05, 0) is 44.2 Å². The summed E-state index contributed by atoms with van der Waals surface area (Å²) in [6, 6.07) is 9.59. The van der Waals surface area contributed by atoms with E-state index >= 15 is 0 Å². The number of carbonyl (C=O) groups is 1. The standard InChI is InChI=1S/C21H22N4O3/c1-14-11-15-7-4-5-8-17(15)25(14)19(26)13-24-20(27)16(12-22)18-9-3-2-6-10-23(18)21(24)28/h4-5,7-8,14H,2-3,6,9-11,13H2,1H3/t14-/m0/s1. The number of para-hydroxylation sites is 1. The topological polar surface area (TPSA) is 88.1 Å². The van der Waals surface area contributed by atoms with Crippen LogP contribution < -0.4 is 16.1 Å². The second kappa shape index (κ2) is 7.12. The number of carbonyl (C=O) groups excluding carboxylic acids is 1. The van der Waals surface area contributed by atoms with Crippen molar-refractivity contribution in [3.8, 4) is 6.07 Å². The zero-order valence-electron chi connectivity index (χ0n) is 15.9. The zero-order valence-corrected chi connectivity index (χ0v) is 15.9. The molecule has 7 heteroatoms. The first-order valence-corrected chi connectivity index (χ1v) is 9.69. The Balaban J connectivity index is 1.76. The molecule has 0 fully saturated rings. The van der Waals surface area contributed by atoms with Crippen molar-refractivity contribution in [3.63, 3.8) is 0 Å². The van der Waals surface area contributed by atoms with Crippen LogP contribution in [0, 0.1) is 11.3 Å². The third kappa shape index (κ3) is 2.85. The Labute approximate surface area is 162 Å². The molecule has 2 aliphatic heterocycles. The molecule has 1 aromatic carbocycles. The highest BCUT2D eigenvalue weighted by Gasteiger charge is 2.31. The lowest BCUT2D eigenvalue weighted by Gasteiger charge is -2.23. The van der Waals surface area contributed by atoms with Crippen LogP contribution in [-0.2, 0) is 30.7 Å². The maximum atomic E-state index is 13.1. The second-order valence-corrected chi connectivity index (χ2v) is 7.52. The van der Waals surface area contributed by atoms with Gasteiger partial charge in [0.1, 0.15) is 18.2 Å². The van der Waals surface area contributed by atoms with E-state index in [1.54, 1.807) is 4.90 Å². The lowest BCUT2D eigenvalue weighted by atomic mass is 10.1. The third-order valence-corrected chi connectivity index (χ3v) is 5.71. The number of anilines is 1. The van der Waals surface area contributed by atoms with E-state index in [9.17, 15) is 19.6 Å². The fraction of sp³-hybridized carbons (Fsp3) is 0.429. The number of nitrogens with zero attached hydrogens (tertiary/aromatic N) is 4. The number of fused-ring (bicyclic) bond motifs is 2. The maximum Gasteiger partial charge on any atom is 0.331 e. The fourth-order valence-electron chi connectivity index (χ4n) is 4.38. The van der Waals surface area contributed by atoms with Crippen LogP contribution in [0.25, 0.3) is 0 Å². The Morgan fingerprint density at radius 3 is 2.79 bits per heavy atom. The zero-order chi connectivity index (χ0) is 19.8. The maximum absolute atomic E-state index is 13.1. The molecule has 0 saturated heterocycles. The van der Waals surface area contributed by atoms with Crippen molar-refractivity contribution >= 4 is 11.6 Å². The summed E-state index contributed by atoms with van der Waals surface area (Å²) in [5.74, 6) is -0.310. The minimum absolute atomic E-state index is 0.0100. The van der Waals surface area contributed by atoms with E-state index in [2.05, 4.69) is 0 Å². The molecule has 1 aromatic heterocycles. The van der Waals surface area contributed by atoms with E-state index in [0.29, 0.717) is 18.7 Å². The highest BCUT2D eigenvalue weighted by molar-refractivity contribution is 5.96. The van der Waals surface area contributed by atoms with Gasteiger partial charge in [0.2, 0.25) is 5.91 Å². The van der Waals surface area contributed by atoms with E-state index in [1.807, 2.05) is 37.3 Å². The third-order valence-electron chi connectivity index (χ3n) is 5.71. The number of nitriles is 1. The second-order valence-electron chi connectivity index (χ2n) is 7.52. The van der Waals surface area contributed by atoms with Gasteiger partial charge in [0.05, 0.1) is 0 Å². The first kappa shape index (κ1) is 18.2. The molecular formula is C21H22N4O3. The van der Waals surface area contributed by atoms with Gasteiger partial charge < -0.3 is 4.90 Å². The van der Waals surface area contributed by atoms with Gasteiger partial charge in [0.25, 0.3) is 5.56 Å². The van der Waals surface area contributed by atoms with Gasteiger partial charge in [-0.25, -0.2) is 9.36 Å². The van der Waals surface area contributed by atoms with Gasteiger partial charge in [-0.3, -0.25) is 14.2 Å². The van der Waals surface area contributed by atoms with Gasteiger partial charge in [-0.2, -0.15) is 5.26 Å². The van der Waals surface area contributed by atoms with Crippen LogP contribution >= 0.6 is 0 Å². The lowest BCUT2D eigenvalue weighted by molar-refractivity contribution is -0.119. The smallest absolute Gasteiger partial charge is 0.307 e. The van der Waals surface area contributed by atoms with Crippen LogP contribution in [0.1, 0.15) is 43.0 Å². The summed E-state index contributed by atoms with van der Waals surface area (Å²) in [5, 5.41) is 9.53. The first-order valence-electron chi connectivity index (χ1n) is 9.69. The van der Waals surface area contributed by atoms with Gasteiger partial charge in [-0.1, -0.05) is 24.6 Å². The van der Waals surface area contributed by atoms with Crippen LogP contribution in [0.4, 0.5) is 5.69 Å². The van der Waals surface area contributed by atoms with Crippen molar-refractivity contribution < 1.29 is 4.79 Å². The molecule has 0 aliphatic carbocycles. The predicted molar refractivity (Wildman–Crippen MR) is 104 cm³/mol. The van der Waals surface area contributed by atoms with Crippen LogP contribution in [0.3, 0.4) is 0 Å². The van der Waals surface area contributed by atoms with Crippen molar-refractivity contribution in [3.05, 3.63) is 61.9 Å². The number of amides is 1. The summed E-state index contributed by atoms with van der Waals surface area (Å²) in [6.07, 6.45) is 3.89. The first-order chi connectivity index (χ1) is 13.5. The van der Waals surface area contributed by atoms with Crippen LogP contribution in [-0.4, -0.2) is 21.1 Å². The van der Waals surface area contributed by atoms with E-state index in [-0.39, 0.29) is 24.1 Å². The summed E-state index contributed by atoms with van der Waals surface area (Å²) in [7, 11) is 0. The van der Waals surface area contributed by atoms with E-state index in [0.717, 1.165) is 41.5 Å². The molecule has 1 amide bonds. The number of benzene rings is 1. The number of hydrogen-bond acceptors (Lipinski definition) is 4. The van der Waals surface area contributed by atoms with Crippen molar-refractivity contribution in [2.75, 3.05) is 4.90 Å². The Kier molecular flexibility index (Phi) is 4.63. The molecule has 0 spiro atoms. The van der Waals surface area contributed by atoms with Crippen LogP contribution in [0.5, 0.6) is 0 Å². The largest absolute Gasteiger partial charge is 0.331 e. The van der Waals surface area contributed by atoms with Gasteiger partial charge in [0, 0.05) is 24.0 Å². The summed E-state index contributed by atoms with van der Waals surface area (Å²) in [5.41, 5.74) is 1.25.